The van der Waals surface area contributed by atoms with Crippen molar-refractivity contribution in [2.75, 3.05) is 26.3 Å². The molecular formula is C15H18N2O3. The van der Waals surface area contributed by atoms with Crippen LogP contribution in [0.4, 0.5) is 0 Å². The molecule has 1 saturated heterocycles. The Labute approximate surface area is 117 Å². The fourth-order valence-corrected chi connectivity index (χ4v) is 2.39. The van der Waals surface area contributed by atoms with Gasteiger partial charge in [0, 0.05) is 24.7 Å². The molecule has 1 N–H and O–H groups in total. The van der Waals surface area contributed by atoms with Gasteiger partial charge in [0.15, 0.2) is 5.76 Å². The normalized spacial score (nSPS) is 20.1. The first-order valence-corrected chi connectivity index (χ1v) is 6.81. The molecule has 0 saturated carbocycles. The molecule has 2 aromatic rings. The average Bonchev–Trinajstić information content (AvgIpc) is 2.97. The van der Waals surface area contributed by atoms with Crippen LogP contribution in [-0.4, -0.2) is 47.6 Å². The van der Waals surface area contributed by atoms with E-state index in [9.17, 15) is 0 Å². The van der Waals surface area contributed by atoms with E-state index in [-0.39, 0.29) is 12.7 Å². The number of aromatic nitrogens is 1. The van der Waals surface area contributed by atoms with Gasteiger partial charge in [-0.25, -0.2) is 0 Å². The molecule has 1 atom stereocenters. The molecule has 1 unspecified atom stereocenters. The van der Waals surface area contributed by atoms with Gasteiger partial charge in [0.25, 0.3) is 0 Å². The number of hydrogen-bond acceptors (Lipinski definition) is 5. The number of hydrogen-bond donors (Lipinski definition) is 1. The van der Waals surface area contributed by atoms with Crippen LogP contribution in [0, 0.1) is 0 Å². The minimum atomic E-state index is -0.0970. The van der Waals surface area contributed by atoms with Crippen LogP contribution < -0.4 is 0 Å². The molecule has 5 nitrogen and oxygen atoms in total. The summed E-state index contributed by atoms with van der Waals surface area (Å²) in [6.07, 6.45) is -0.0970. The fourth-order valence-electron chi connectivity index (χ4n) is 2.39. The molecule has 0 spiro atoms. The van der Waals surface area contributed by atoms with Gasteiger partial charge in [-0.3, -0.25) is 4.90 Å². The molecule has 1 aliphatic heterocycles. The molecule has 20 heavy (non-hydrogen) atoms. The second kappa shape index (κ2) is 6.17. The van der Waals surface area contributed by atoms with E-state index < -0.39 is 0 Å². The maximum absolute atomic E-state index is 9.14. The van der Waals surface area contributed by atoms with Gasteiger partial charge in [-0.05, 0) is 0 Å². The monoisotopic (exact) mass is 274 g/mol. The van der Waals surface area contributed by atoms with Crippen molar-refractivity contribution >= 4 is 0 Å². The van der Waals surface area contributed by atoms with Crippen molar-refractivity contribution in [1.82, 2.24) is 10.1 Å². The summed E-state index contributed by atoms with van der Waals surface area (Å²) in [6, 6.07) is 11.9. The van der Waals surface area contributed by atoms with Gasteiger partial charge in [0.2, 0.25) is 0 Å². The van der Waals surface area contributed by atoms with Gasteiger partial charge in [-0.1, -0.05) is 35.5 Å². The standard InChI is InChI=1S/C15H18N2O3/c18-11-14-10-17(6-7-19-14)9-13-8-15(16-20-13)12-4-2-1-3-5-12/h1-5,8,14,18H,6-7,9-11H2. The molecule has 2 heterocycles. The highest BCUT2D eigenvalue weighted by molar-refractivity contribution is 5.58. The largest absolute Gasteiger partial charge is 0.394 e. The number of aliphatic hydroxyl groups excluding tert-OH is 1. The Morgan fingerprint density at radius 1 is 1.30 bits per heavy atom. The van der Waals surface area contributed by atoms with E-state index in [4.69, 9.17) is 14.4 Å². The molecule has 1 aromatic carbocycles. The second-order valence-electron chi connectivity index (χ2n) is 4.95. The first-order chi connectivity index (χ1) is 9.85. The smallest absolute Gasteiger partial charge is 0.151 e. The fraction of sp³-hybridized carbons (Fsp3) is 0.400. The molecule has 1 fully saturated rings. The number of rotatable bonds is 4. The van der Waals surface area contributed by atoms with Gasteiger partial charge in [0.1, 0.15) is 5.69 Å². The Morgan fingerprint density at radius 2 is 2.15 bits per heavy atom. The Hall–Kier alpha value is -1.69. The van der Waals surface area contributed by atoms with Crippen molar-refractivity contribution in [1.29, 1.82) is 0 Å². The van der Waals surface area contributed by atoms with E-state index >= 15 is 0 Å². The predicted octanol–water partition coefficient (Wildman–Crippen LogP) is 1.53. The number of nitrogens with zero attached hydrogens (tertiary/aromatic N) is 2. The lowest BCUT2D eigenvalue weighted by Gasteiger charge is -2.31. The van der Waals surface area contributed by atoms with Gasteiger partial charge >= 0.3 is 0 Å². The lowest BCUT2D eigenvalue weighted by Crippen LogP contribution is -2.43. The van der Waals surface area contributed by atoms with Crippen LogP contribution in [-0.2, 0) is 11.3 Å². The molecule has 0 aliphatic carbocycles. The Kier molecular flexibility index (Phi) is 4.11. The minimum absolute atomic E-state index is 0.0577. The average molecular weight is 274 g/mol. The van der Waals surface area contributed by atoms with E-state index in [1.165, 1.54) is 0 Å². The SMILES string of the molecule is OCC1CN(Cc2cc(-c3ccccc3)no2)CCO1. The van der Waals surface area contributed by atoms with E-state index in [0.717, 1.165) is 30.1 Å². The maximum Gasteiger partial charge on any atom is 0.151 e. The molecule has 1 aromatic heterocycles. The molecule has 1 aliphatic rings. The number of ether oxygens (including phenoxy) is 1. The van der Waals surface area contributed by atoms with Crippen LogP contribution in [0.2, 0.25) is 0 Å². The summed E-state index contributed by atoms with van der Waals surface area (Å²) in [5.74, 6) is 0.836. The van der Waals surface area contributed by atoms with E-state index in [2.05, 4.69) is 10.1 Å². The van der Waals surface area contributed by atoms with Crippen LogP contribution >= 0.6 is 0 Å². The van der Waals surface area contributed by atoms with Gasteiger partial charge in [-0.15, -0.1) is 0 Å². The minimum Gasteiger partial charge on any atom is -0.394 e. The zero-order chi connectivity index (χ0) is 13.8. The maximum atomic E-state index is 9.14. The summed E-state index contributed by atoms with van der Waals surface area (Å²) in [5, 5.41) is 13.2. The zero-order valence-corrected chi connectivity index (χ0v) is 11.2. The van der Waals surface area contributed by atoms with Crippen molar-refractivity contribution in [3.63, 3.8) is 0 Å². The van der Waals surface area contributed by atoms with Crippen molar-refractivity contribution in [2.45, 2.75) is 12.6 Å². The third-order valence-electron chi connectivity index (χ3n) is 3.43. The quantitative estimate of drug-likeness (QED) is 0.916. The van der Waals surface area contributed by atoms with Crippen LogP contribution in [0.1, 0.15) is 5.76 Å². The first-order valence-electron chi connectivity index (χ1n) is 6.81. The van der Waals surface area contributed by atoms with Crippen LogP contribution in [0.3, 0.4) is 0 Å². The van der Waals surface area contributed by atoms with Crippen molar-refractivity contribution < 1.29 is 14.4 Å². The highest BCUT2D eigenvalue weighted by atomic mass is 16.5. The lowest BCUT2D eigenvalue weighted by molar-refractivity contribution is -0.0567. The summed E-state index contributed by atoms with van der Waals surface area (Å²) < 4.78 is 10.8. The Morgan fingerprint density at radius 3 is 2.95 bits per heavy atom. The summed E-state index contributed by atoms with van der Waals surface area (Å²) in [5.41, 5.74) is 1.91. The zero-order valence-electron chi connectivity index (χ0n) is 11.2. The van der Waals surface area contributed by atoms with Gasteiger partial charge < -0.3 is 14.4 Å². The number of aliphatic hydroxyl groups is 1. The summed E-state index contributed by atoms with van der Waals surface area (Å²) in [7, 11) is 0. The number of morpholine rings is 1. The summed E-state index contributed by atoms with van der Waals surface area (Å²) in [4.78, 5) is 2.21. The first kappa shape index (κ1) is 13.3. The third kappa shape index (κ3) is 3.07. The molecule has 106 valence electrons. The molecule has 0 radical (unpaired) electrons. The predicted molar refractivity (Wildman–Crippen MR) is 74.0 cm³/mol. The Balaban J connectivity index is 1.65. The second-order valence-corrected chi connectivity index (χ2v) is 4.95. The van der Waals surface area contributed by atoms with E-state index in [1.807, 2.05) is 36.4 Å². The van der Waals surface area contributed by atoms with Gasteiger partial charge in [0.05, 0.1) is 25.9 Å². The number of benzene rings is 1. The molecule has 3 rings (SSSR count). The van der Waals surface area contributed by atoms with E-state index in [0.29, 0.717) is 13.2 Å². The summed E-state index contributed by atoms with van der Waals surface area (Å²) >= 11 is 0. The van der Waals surface area contributed by atoms with Gasteiger partial charge in [-0.2, -0.15) is 0 Å². The summed E-state index contributed by atoms with van der Waals surface area (Å²) in [6.45, 7) is 2.96. The highest BCUT2D eigenvalue weighted by Crippen LogP contribution is 2.20. The molecular weight excluding hydrogens is 256 g/mol. The molecule has 5 heteroatoms. The van der Waals surface area contributed by atoms with Crippen molar-refractivity contribution in [3.05, 3.63) is 42.2 Å². The molecule has 0 amide bonds. The van der Waals surface area contributed by atoms with Crippen molar-refractivity contribution in [3.8, 4) is 11.3 Å². The van der Waals surface area contributed by atoms with Crippen molar-refractivity contribution in [2.24, 2.45) is 0 Å². The van der Waals surface area contributed by atoms with Crippen LogP contribution in [0.15, 0.2) is 40.9 Å². The Bertz CT molecular complexity index is 541. The highest BCUT2D eigenvalue weighted by Gasteiger charge is 2.21. The van der Waals surface area contributed by atoms with Crippen LogP contribution in [0.5, 0.6) is 0 Å². The topological polar surface area (TPSA) is 58.7 Å². The third-order valence-corrected chi connectivity index (χ3v) is 3.43. The van der Waals surface area contributed by atoms with Crippen LogP contribution in [0.25, 0.3) is 11.3 Å². The molecule has 0 bridgehead atoms. The van der Waals surface area contributed by atoms with E-state index in [1.54, 1.807) is 0 Å². The lowest BCUT2D eigenvalue weighted by atomic mass is 10.1.